The Hall–Kier alpha value is -1.02. The molecule has 2 nitrogen and oxygen atoms in total. The molecule has 1 unspecified atom stereocenters. The Balaban J connectivity index is 2.03. The molecule has 1 aliphatic heterocycles. The summed E-state index contributed by atoms with van der Waals surface area (Å²) in [4.78, 5) is 2.63. The number of unbranched alkanes of at least 4 members (excludes halogenated alkanes) is 1. The van der Waals surface area contributed by atoms with Crippen molar-refractivity contribution in [2.45, 2.75) is 59.0 Å². The van der Waals surface area contributed by atoms with Crippen LogP contribution in [0.2, 0.25) is 0 Å². The molecule has 0 saturated heterocycles. The first-order valence-electron chi connectivity index (χ1n) is 7.84. The average Bonchev–Trinajstić information content (AvgIpc) is 2.90. The highest BCUT2D eigenvalue weighted by Crippen LogP contribution is 2.24. The maximum absolute atomic E-state index is 3.44. The van der Waals surface area contributed by atoms with Gasteiger partial charge in [0.2, 0.25) is 0 Å². The van der Waals surface area contributed by atoms with Crippen LogP contribution in [0.3, 0.4) is 0 Å². The van der Waals surface area contributed by atoms with Crippen LogP contribution in [0.4, 0.5) is 5.69 Å². The highest BCUT2D eigenvalue weighted by molar-refractivity contribution is 5.56. The fourth-order valence-electron chi connectivity index (χ4n) is 2.77. The topological polar surface area (TPSA) is 15.3 Å². The smallest absolute Gasteiger partial charge is 0.0373 e. The van der Waals surface area contributed by atoms with Gasteiger partial charge in [-0.3, -0.25) is 4.90 Å². The van der Waals surface area contributed by atoms with Crippen molar-refractivity contribution in [3.05, 3.63) is 29.3 Å². The average molecular weight is 260 g/mol. The number of nitrogens with zero attached hydrogens (tertiary/aromatic N) is 1. The molecule has 1 atom stereocenters. The second kappa shape index (κ2) is 6.95. The second-order valence-electron chi connectivity index (χ2n) is 5.75. The van der Waals surface area contributed by atoms with E-state index in [0.29, 0.717) is 6.04 Å². The summed E-state index contributed by atoms with van der Waals surface area (Å²) in [6.45, 7) is 10.3. The van der Waals surface area contributed by atoms with E-state index in [4.69, 9.17) is 0 Å². The van der Waals surface area contributed by atoms with Crippen LogP contribution >= 0.6 is 0 Å². The minimum absolute atomic E-state index is 0.679. The van der Waals surface area contributed by atoms with Crippen molar-refractivity contribution in [1.29, 1.82) is 0 Å². The molecule has 0 aromatic heterocycles. The van der Waals surface area contributed by atoms with Crippen molar-refractivity contribution in [2.75, 3.05) is 18.4 Å². The van der Waals surface area contributed by atoms with E-state index in [1.165, 1.54) is 49.0 Å². The van der Waals surface area contributed by atoms with E-state index < -0.39 is 0 Å². The second-order valence-corrected chi connectivity index (χ2v) is 5.75. The predicted molar refractivity (Wildman–Crippen MR) is 83.7 cm³/mol. The lowest BCUT2D eigenvalue weighted by Crippen LogP contribution is -2.33. The van der Waals surface area contributed by atoms with Crippen LogP contribution in [0.1, 0.15) is 51.2 Å². The van der Waals surface area contributed by atoms with Gasteiger partial charge >= 0.3 is 0 Å². The van der Waals surface area contributed by atoms with E-state index >= 15 is 0 Å². The molecule has 2 heteroatoms. The lowest BCUT2D eigenvalue weighted by molar-refractivity contribution is 0.192. The number of benzene rings is 1. The summed E-state index contributed by atoms with van der Waals surface area (Å²) in [5, 5.41) is 3.44. The first-order valence-corrected chi connectivity index (χ1v) is 7.84. The Bertz CT molecular complexity index is 400. The van der Waals surface area contributed by atoms with E-state index in [-0.39, 0.29) is 0 Å². The van der Waals surface area contributed by atoms with Gasteiger partial charge in [0.15, 0.2) is 0 Å². The highest BCUT2D eigenvalue weighted by atomic mass is 15.1. The van der Waals surface area contributed by atoms with Gasteiger partial charge in [-0.2, -0.15) is 0 Å². The summed E-state index contributed by atoms with van der Waals surface area (Å²) in [6.07, 6.45) is 5.00. The van der Waals surface area contributed by atoms with E-state index in [2.05, 4.69) is 49.2 Å². The van der Waals surface area contributed by atoms with Crippen molar-refractivity contribution in [3.8, 4) is 0 Å². The standard InChI is InChI=1S/C17H28N2/c1-4-6-11-19(14(3)5-2)13-15-7-8-17-16(12-15)9-10-18-17/h7-8,12,14,18H,4-6,9-11,13H2,1-3H3. The first-order chi connectivity index (χ1) is 9.24. The molecule has 0 spiro atoms. The highest BCUT2D eigenvalue weighted by Gasteiger charge is 2.14. The quantitative estimate of drug-likeness (QED) is 0.795. The Morgan fingerprint density at radius 2 is 2.16 bits per heavy atom. The fourth-order valence-corrected chi connectivity index (χ4v) is 2.77. The Morgan fingerprint density at radius 3 is 2.89 bits per heavy atom. The SMILES string of the molecule is CCCCN(Cc1ccc2c(c1)CCN2)C(C)CC. The zero-order valence-electron chi connectivity index (χ0n) is 12.7. The van der Waals surface area contributed by atoms with Gasteiger partial charge in [0.05, 0.1) is 0 Å². The fraction of sp³-hybridized carbons (Fsp3) is 0.647. The van der Waals surface area contributed by atoms with Gasteiger partial charge < -0.3 is 5.32 Å². The van der Waals surface area contributed by atoms with Gasteiger partial charge in [0, 0.05) is 24.8 Å². The van der Waals surface area contributed by atoms with Crippen LogP contribution in [0, 0.1) is 0 Å². The van der Waals surface area contributed by atoms with Gasteiger partial charge in [-0.1, -0.05) is 32.4 Å². The summed E-state index contributed by atoms with van der Waals surface area (Å²) in [5.74, 6) is 0. The number of hydrogen-bond donors (Lipinski definition) is 1. The van der Waals surface area contributed by atoms with Crippen LogP contribution in [0.15, 0.2) is 18.2 Å². The van der Waals surface area contributed by atoms with Gasteiger partial charge in [-0.25, -0.2) is 0 Å². The third-order valence-electron chi connectivity index (χ3n) is 4.28. The van der Waals surface area contributed by atoms with Gasteiger partial charge in [0.1, 0.15) is 0 Å². The minimum atomic E-state index is 0.679. The molecular formula is C17H28N2. The van der Waals surface area contributed by atoms with Gasteiger partial charge in [-0.15, -0.1) is 0 Å². The zero-order chi connectivity index (χ0) is 13.7. The number of rotatable bonds is 7. The van der Waals surface area contributed by atoms with E-state index in [9.17, 15) is 0 Å². The van der Waals surface area contributed by atoms with Crippen molar-refractivity contribution in [3.63, 3.8) is 0 Å². The van der Waals surface area contributed by atoms with E-state index in [1.807, 2.05) is 0 Å². The molecule has 2 rings (SSSR count). The molecule has 1 aliphatic rings. The van der Waals surface area contributed by atoms with E-state index in [1.54, 1.807) is 0 Å². The molecule has 1 N–H and O–H groups in total. The largest absolute Gasteiger partial charge is 0.384 e. The summed E-state index contributed by atoms with van der Waals surface area (Å²) >= 11 is 0. The molecule has 0 saturated carbocycles. The van der Waals surface area contributed by atoms with Crippen molar-refractivity contribution >= 4 is 5.69 Å². The molecule has 0 bridgehead atoms. The lowest BCUT2D eigenvalue weighted by atomic mass is 10.1. The molecule has 0 aliphatic carbocycles. The van der Waals surface area contributed by atoms with Crippen LogP contribution in [0.5, 0.6) is 0 Å². The monoisotopic (exact) mass is 260 g/mol. The predicted octanol–water partition coefficient (Wildman–Crippen LogP) is 4.06. The van der Waals surface area contributed by atoms with E-state index in [0.717, 1.165) is 13.1 Å². The molecule has 106 valence electrons. The summed E-state index contributed by atoms with van der Waals surface area (Å²) in [5.41, 5.74) is 4.31. The molecule has 0 radical (unpaired) electrons. The van der Waals surface area contributed by atoms with Crippen LogP contribution in [-0.4, -0.2) is 24.0 Å². The molecule has 1 aromatic rings. The molecule has 19 heavy (non-hydrogen) atoms. The zero-order valence-corrected chi connectivity index (χ0v) is 12.7. The number of nitrogens with one attached hydrogen (secondary N) is 1. The normalized spacial score (nSPS) is 15.4. The first kappa shape index (κ1) is 14.4. The Labute approximate surface area is 118 Å². The van der Waals surface area contributed by atoms with Crippen LogP contribution in [0.25, 0.3) is 0 Å². The third-order valence-corrected chi connectivity index (χ3v) is 4.28. The minimum Gasteiger partial charge on any atom is -0.384 e. The maximum Gasteiger partial charge on any atom is 0.0373 e. The van der Waals surface area contributed by atoms with Crippen molar-refractivity contribution in [1.82, 2.24) is 4.90 Å². The Kier molecular flexibility index (Phi) is 5.26. The molecule has 1 heterocycles. The molecular weight excluding hydrogens is 232 g/mol. The van der Waals surface area contributed by atoms with Crippen molar-refractivity contribution < 1.29 is 0 Å². The lowest BCUT2D eigenvalue weighted by Gasteiger charge is -2.28. The van der Waals surface area contributed by atoms with Gasteiger partial charge in [0.25, 0.3) is 0 Å². The van der Waals surface area contributed by atoms with Gasteiger partial charge in [-0.05, 0) is 49.9 Å². The van der Waals surface area contributed by atoms with Crippen LogP contribution in [-0.2, 0) is 13.0 Å². The third kappa shape index (κ3) is 3.73. The molecule has 1 aromatic carbocycles. The summed E-state index contributed by atoms with van der Waals surface area (Å²) in [6, 6.07) is 7.62. The number of fused-ring (bicyclic) bond motifs is 1. The number of hydrogen-bond acceptors (Lipinski definition) is 2. The molecule has 0 amide bonds. The maximum atomic E-state index is 3.44. The summed E-state index contributed by atoms with van der Waals surface area (Å²) in [7, 11) is 0. The van der Waals surface area contributed by atoms with Crippen LogP contribution < -0.4 is 5.32 Å². The Morgan fingerprint density at radius 1 is 1.32 bits per heavy atom. The van der Waals surface area contributed by atoms with Crippen molar-refractivity contribution in [2.24, 2.45) is 0 Å². The summed E-state index contributed by atoms with van der Waals surface area (Å²) < 4.78 is 0. The molecule has 0 fully saturated rings. The number of anilines is 1.